The van der Waals surface area contributed by atoms with E-state index in [1.165, 1.54) is 48.5 Å². The molecule has 1 N–H and O–H groups in total. The lowest BCUT2D eigenvalue weighted by Gasteiger charge is -2.22. The number of nitrogens with zero attached hydrogens (tertiary/aromatic N) is 3. The van der Waals surface area contributed by atoms with Crippen molar-refractivity contribution >= 4 is 29.1 Å². The maximum Gasteiger partial charge on any atom is 0.435 e. The van der Waals surface area contributed by atoms with Crippen LogP contribution in [0.1, 0.15) is 11.3 Å². The first-order valence-electron chi connectivity index (χ1n) is 10.1. The van der Waals surface area contributed by atoms with E-state index in [-0.39, 0.29) is 22.1 Å². The minimum absolute atomic E-state index is 0.0399. The van der Waals surface area contributed by atoms with Crippen LogP contribution in [0.2, 0.25) is 5.02 Å². The van der Waals surface area contributed by atoms with Gasteiger partial charge in [-0.2, -0.15) is 31.4 Å². The SMILES string of the molecule is O=C(O)N(c1ccccc1)c1ccc(-c2cc(C(F)(F)F)nn2-c2ccccc2Cl)c(C(F)(F)F)c1. The zero-order valence-corrected chi connectivity index (χ0v) is 18.6. The largest absolute Gasteiger partial charge is 0.464 e. The van der Waals surface area contributed by atoms with Gasteiger partial charge in [0.25, 0.3) is 0 Å². The number of hydrogen-bond acceptors (Lipinski definition) is 2. The molecule has 0 aliphatic carbocycles. The van der Waals surface area contributed by atoms with Crippen LogP contribution in [0.5, 0.6) is 0 Å². The molecule has 0 spiro atoms. The summed E-state index contributed by atoms with van der Waals surface area (Å²) in [7, 11) is 0. The van der Waals surface area contributed by atoms with Crippen molar-refractivity contribution in [2.24, 2.45) is 0 Å². The monoisotopic (exact) mass is 525 g/mol. The molecule has 0 radical (unpaired) electrons. The van der Waals surface area contributed by atoms with E-state index in [9.17, 15) is 36.2 Å². The number of carbonyl (C=O) groups is 1. The summed E-state index contributed by atoms with van der Waals surface area (Å²) in [6, 6.07) is 16.0. The van der Waals surface area contributed by atoms with E-state index in [0.29, 0.717) is 21.7 Å². The minimum atomic E-state index is -5.06. The zero-order chi connectivity index (χ0) is 26.3. The van der Waals surface area contributed by atoms with Crippen LogP contribution in [-0.2, 0) is 12.4 Å². The quantitative estimate of drug-likeness (QED) is 0.274. The molecular formula is C24H14ClF6N3O2. The summed E-state index contributed by atoms with van der Waals surface area (Å²) >= 11 is 6.10. The summed E-state index contributed by atoms with van der Waals surface area (Å²) < 4.78 is 83.7. The third kappa shape index (κ3) is 4.87. The molecule has 12 heteroatoms. The lowest BCUT2D eigenvalue weighted by molar-refractivity contribution is -0.141. The first-order chi connectivity index (χ1) is 16.9. The van der Waals surface area contributed by atoms with Gasteiger partial charge in [-0.3, -0.25) is 0 Å². The van der Waals surface area contributed by atoms with Gasteiger partial charge in [-0.25, -0.2) is 14.4 Å². The van der Waals surface area contributed by atoms with E-state index in [4.69, 9.17) is 11.6 Å². The standard InChI is InChI=1S/C24H14ClF6N3O2/c25-18-8-4-5-9-19(18)34-20(13-21(32-34)24(29,30)31)16-11-10-15(12-17(16)23(26,27)28)33(22(35)36)14-6-2-1-3-7-14/h1-13H,(H,35,36). The Balaban J connectivity index is 1.97. The number of benzene rings is 3. The van der Waals surface area contributed by atoms with Crippen LogP contribution < -0.4 is 4.90 Å². The third-order valence-corrected chi connectivity index (χ3v) is 5.45. The van der Waals surface area contributed by atoms with Crippen molar-refractivity contribution in [2.75, 3.05) is 4.90 Å². The molecule has 1 amide bonds. The Kier molecular flexibility index (Phi) is 6.44. The molecule has 186 valence electrons. The van der Waals surface area contributed by atoms with Gasteiger partial charge in [-0.05, 0) is 42.5 Å². The number of para-hydroxylation sites is 2. The second-order valence-electron chi connectivity index (χ2n) is 7.46. The van der Waals surface area contributed by atoms with Gasteiger partial charge in [0, 0.05) is 5.56 Å². The maximum absolute atomic E-state index is 14.2. The molecule has 1 aromatic heterocycles. The molecule has 0 atom stereocenters. The van der Waals surface area contributed by atoms with Crippen LogP contribution in [0.4, 0.5) is 42.5 Å². The second-order valence-corrected chi connectivity index (χ2v) is 7.86. The van der Waals surface area contributed by atoms with Crippen LogP contribution in [-0.4, -0.2) is 21.0 Å². The topological polar surface area (TPSA) is 58.4 Å². The van der Waals surface area contributed by atoms with Gasteiger partial charge in [-0.1, -0.05) is 48.0 Å². The molecule has 0 unspecified atom stereocenters. The van der Waals surface area contributed by atoms with Crippen LogP contribution >= 0.6 is 11.6 Å². The summed E-state index contributed by atoms with van der Waals surface area (Å²) in [4.78, 5) is 12.5. The number of amides is 1. The van der Waals surface area contributed by atoms with Crippen molar-refractivity contribution in [3.05, 3.63) is 95.1 Å². The van der Waals surface area contributed by atoms with Gasteiger partial charge < -0.3 is 5.11 Å². The summed E-state index contributed by atoms with van der Waals surface area (Å²) in [5.41, 5.74) is -4.31. The highest BCUT2D eigenvalue weighted by molar-refractivity contribution is 6.32. The Morgan fingerprint density at radius 1 is 0.833 bits per heavy atom. The van der Waals surface area contributed by atoms with Crippen LogP contribution in [0.3, 0.4) is 0 Å². The Morgan fingerprint density at radius 2 is 1.47 bits per heavy atom. The number of carboxylic acid groups (broad SMARTS) is 1. The van der Waals surface area contributed by atoms with Crippen molar-refractivity contribution in [1.29, 1.82) is 0 Å². The first-order valence-corrected chi connectivity index (χ1v) is 10.5. The van der Waals surface area contributed by atoms with Crippen molar-refractivity contribution in [1.82, 2.24) is 9.78 Å². The van der Waals surface area contributed by atoms with Crippen molar-refractivity contribution < 1.29 is 36.2 Å². The Bertz CT molecular complexity index is 1420. The van der Waals surface area contributed by atoms with Gasteiger partial charge in [0.2, 0.25) is 0 Å². The molecule has 1 heterocycles. The van der Waals surface area contributed by atoms with Gasteiger partial charge >= 0.3 is 18.4 Å². The molecule has 0 saturated heterocycles. The highest BCUT2D eigenvalue weighted by Crippen LogP contribution is 2.43. The van der Waals surface area contributed by atoms with Crippen molar-refractivity contribution in [3.63, 3.8) is 0 Å². The summed E-state index contributed by atoms with van der Waals surface area (Å²) in [5.74, 6) is 0. The fourth-order valence-corrected chi connectivity index (χ4v) is 3.81. The summed E-state index contributed by atoms with van der Waals surface area (Å²) in [6.45, 7) is 0. The number of halogens is 7. The molecule has 0 fully saturated rings. The molecule has 36 heavy (non-hydrogen) atoms. The van der Waals surface area contributed by atoms with E-state index < -0.39 is 41.0 Å². The maximum atomic E-state index is 14.2. The Labute approximate surface area is 204 Å². The van der Waals surface area contributed by atoms with Gasteiger partial charge in [0.15, 0.2) is 5.69 Å². The lowest BCUT2D eigenvalue weighted by atomic mass is 10.0. The number of hydrogen-bond donors (Lipinski definition) is 1. The molecule has 0 bridgehead atoms. The molecular weight excluding hydrogens is 512 g/mol. The molecule has 5 nitrogen and oxygen atoms in total. The number of aromatic nitrogens is 2. The molecule has 0 aliphatic rings. The molecule has 0 saturated carbocycles. The van der Waals surface area contributed by atoms with Crippen LogP contribution in [0, 0.1) is 0 Å². The Morgan fingerprint density at radius 3 is 2.06 bits per heavy atom. The third-order valence-electron chi connectivity index (χ3n) is 5.13. The van der Waals surface area contributed by atoms with E-state index in [1.807, 2.05) is 0 Å². The molecule has 0 aliphatic heterocycles. The van der Waals surface area contributed by atoms with E-state index >= 15 is 0 Å². The van der Waals surface area contributed by atoms with Gasteiger partial charge in [-0.15, -0.1) is 0 Å². The minimum Gasteiger partial charge on any atom is -0.464 e. The average molecular weight is 526 g/mol. The van der Waals surface area contributed by atoms with Crippen LogP contribution in [0.15, 0.2) is 78.9 Å². The molecule has 4 aromatic rings. The highest BCUT2D eigenvalue weighted by atomic mass is 35.5. The molecule has 4 rings (SSSR count). The fourth-order valence-electron chi connectivity index (χ4n) is 3.59. The first kappa shape index (κ1) is 25.1. The second kappa shape index (κ2) is 9.23. The predicted molar refractivity (Wildman–Crippen MR) is 121 cm³/mol. The highest BCUT2D eigenvalue weighted by Gasteiger charge is 2.39. The number of alkyl halides is 6. The molecule has 3 aromatic carbocycles. The van der Waals surface area contributed by atoms with Crippen molar-refractivity contribution in [2.45, 2.75) is 12.4 Å². The summed E-state index contributed by atoms with van der Waals surface area (Å²) in [6.07, 6.45) is -11.6. The number of rotatable bonds is 4. The number of anilines is 2. The van der Waals surface area contributed by atoms with Crippen molar-refractivity contribution in [3.8, 4) is 16.9 Å². The van der Waals surface area contributed by atoms with Crippen LogP contribution in [0.25, 0.3) is 16.9 Å². The van der Waals surface area contributed by atoms with E-state index in [2.05, 4.69) is 5.10 Å². The smallest absolute Gasteiger partial charge is 0.435 e. The van der Waals surface area contributed by atoms with E-state index in [1.54, 1.807) is 6.07 Å². The normalized spacial score (nSPS) is 12.0. The predicted octanol–water partition coefficient (Wildman–Crippen LogP) is 8.05. The van der Waals surface area contributed by atoms with Gasteiger partial charge in [0.05, 0.1) is 33.3 Å². The Hall–Kier alpha value is -3.99. The average Bonchev–Trinajstić information content (AvgIpc) is 3.25. The lowest BCUT2D eigenvalue weighted by Crippen LogP contribution is -2.24. The fraction of sp³-hybridized carbons (Fsp3) is 0.0833. The van der Waals surface area contributed by atoms with Gasteiger partial charge in [0.1, 0.15) is 0 Å². The van der Waals surface area contributed by atoms with E-state index in [0.717, 1.165) is 12.1 Å². The summed E-state index contributed by atoms with van der Waals surface area (Å²) in [5, 5.41) is 13.1. The zero-order valence-electron chi connectivity index (χ0n) is 17.8.